The van der Waals surface area contributed by atoms with Crippen molar-refractivity contribution in [2.24, 2.45) is 5.92 Å². The highest BCUT2D eigenvalue weighted by Crippen LogP contribution is 2.38. The van der Waals surface area contributed by atoms with Gasteiger partial charge in [-0.2, -0.15) is 0 Å². The Hall–Kier alpha value is -1.62. The predicted molar refractivity (Wildman–Crippen MR) is 79.9 cm³/mol. The van der Waals surface area contributed by atoms with E-state index in [1.54, 1.807) is 6.07 Å². The molecule has 0 radical (unpaired) electrons. The molecule has 0 aliphatic carbocycles. The molecule has 1 aromatic carbocycles. The molecule has 2 rings (SSSR count). The van der Waals surface area contributed by atoms with Gasteiger partial charge in [0.2, 0.25) is 0 Å². The van der Waals surface area contributed by atoms with Gasteiger partial charge in [0, 0.05) is 13.1 Å². The van der Waals surface area contributed by atoms with E-state index in [-0.39, 0.29) is 17.8 Å². The van der Waals surface area contributed by atoms with Crippen LogP contribution in [-0.2, 0) is 0 Å². The molecule has 0 aromatic heterocycles. The Kier molecular flexibility index (Phi) is 4.83. The van der Waals surface area contributed by atoms with E-state index in [0.717, 1.165) is 30.5 Å². The normalized spacial score (nSPS) is 22.6. The van der Waals surface area contributed by atoms with Crippen molar-refractivity contribution >= 4 is 6.09 Å². The van der Waals surface area contributed by atoms with Gasteiger partial charge in [-0.3, -0.25) is 0 Å². The zero-order valence-electron chi connectivity index (χ0n) is 12.8. The molecule has 1 N–H and O–H groups in total. The van der Waals surface area contributed by atoms with E-state index in [4.69, 9.17) is 0 Å². The van der Waals surface area contributed by atoms with Crippen molar-refractivity contribution in [1.82, 2.24) is 9.80 Å². The summed E-state index contributed by atoms with van der Waals surface area (Å²) in [5.41, 5.74) is 1.74. The summed E-state index contributed by atoms with van der Waals surface area (Å²) in [5.74, 6) is -0.0490. The molecule has 1 heterocycles. The van der Waals surface area contributed by atoms with Gasteiger partial charge in [0.1, 0.15) is 5.82 Å². The maximum absolute atomic E-state index is 13.3. The van der Waals surface area contributed by atoms with Crippen LogP contribution in [0.2, 0.25) is 0 Å². The third kappa shape index (κ3) is 3.53. The molecule has 2 unspecified atom stereocenters. The van der Waals surface area contributed by atoms with Gasteiger partial charge >= 0.3 is 6.09 Å². The summed E-state index contributed by atoms with van der Waals surface area (Å²) in [6.07, 6.45) is 0.970. The smallest absolute Gasteiger partial charge is 0.407 e. The van der Waals surface area contributed by atoms with Crippen LogP contribution >= 0.6 is 0 Å². The van der Waals surface area contributed by atoms with E-state index in [1.165, 1.54) is 17.0 Å². The standard InChI is InChI=1S/C16H23FN2O2/c1-11-9-13(17)6-7-14(11)15-12(10-18(2)3)5-4-8-19(15)16(20)21/h6-7,9,12,15H,4-5,8,10H2,1-3H3,(H,20,21). The number of benzene rings is 1. The number of carboxylic acid groups (broad SMARTS) is 1. The minimum absolute atomic E-state index is 0.195. The largest absolute Gasteiger partial charge is 0.465 e. The van der Waals surface area contributed by atoms with Crippen LogP contribution in [0.25, 0.3) is 0 Å². The summed E-state index contributed by atoms with van der Waals surface area (Å²) in [7, 11) is 3.99. The molecule has 1 amide bonds. The first-order valence-corrected chi connectivity index (χ1v) is 7.30. The highest BCUT2D eigenvalue weighted by Gasteiger charge is 2.36. The molecule has 1 aliphatic rings. The third-order valence-electron chi connectivity index (χ3n) is 4.15. The minimum atomic E-state index is -0.896. The first kappa shape index (κ1) is 15.8. The van der Waals surface area contributed by atoms with Crippen molar-refractivity contribution in [3.8, 4) is 0 Å². The number of amides is 1. The van der Waals surface area contributed by atoms with Crippen LogP contribution in [0.4, 0.5) is 9.18 Å². The molecule has 5 heteroatoms. The predicted octanol–water partition coefficient (Wildman–Crippen LogP) is 3.13. The quantitative estimate of drug-likeness (QED) is 0.931. The SMILES string of the molecule is Cc1cc(F)ccc1C1C(CN(C)C)CCCN1C(=O)O. The summed E-state index contributed by atoms with van der Waals surface area (Å²) in [4.78, 5) is 15.2. The van der Waals surface area contributed by atoms with Crippen LogP contribution in [0.15, 0.2) is 18.2 Å². The molecule has 4 nitrogen and oxygen atoms in total. The van der Waals surface area contributed by atoms with Gasteiger partial charge in [-0.05, 0) is 63.0 Å². The van der Waals surface area contributed by atoms with Crippen molar-refractivity contribution in [1.29, 1.82) is 0 Å². The Bertz CT molecular complexity index is 519. The number of likely N-dealkylation sites (tertiary alicyclic amines) is 1. The summed E-state index contributed by atoms with van der Waals surface area (Å²) in [6, 6.07) is 4.44. The minimum Gasteiger partial charge on any atom is -0.465 e. The van der Waals surface area contributed by atoms with Crippen molar-refractivity contribution in [3.05, 3.63) is 35.1 Å². The molecule has 116 valence electrons. The Morgan fingerprint density at radius 1 is 1.48 bits per heavy atom. The van der Waals surface area contributed by atoms with Gasteiger partial charge in [-0.1, -0.05) is 6.07 Å². The lowest BCUT2D eigenvalue weighted by molar-refractivity contribution is 0.0680. The van der Waals surface area contributed by atoms with Crippen LogP contribution in [0.3, 0.4) is 0 Å². The van der Waals surface area contributed by atoms with E-state index >= 15 is 0 Å². The van der Waals surface area contributed by atoms with E-state index in [9.17, 15) is 14.3 Å². The maximum Gasteiger partial charge on any atom is 0.407 e. The summed E-state index contributed by atoms with van der Waals surface area (Å²) >= 11 is 0. The lowest BCUT2D eigenvalue weighted by Gasteiger charge is -2.41. The molecule has 1 fully saturated rings. The second-order valence-corrected chi connectivity index (χ2v) is 6.09. The van der Waals surface area contributed by atoms with Gasteiger partial charge in [0.25, 0.3) is 0 Å². The van der Waals surface area contributed by atoms with Crippen LogP contribution in [0.5, 0.6) is 0 Å². The molecule has 0 saturated carbocycles. The zero-order chi connectivity index (χ0) is 15.6. The molecule has 0 bridgehead atoms. The lowest BCUT2D eigenvalue weighted by atomic mass is 9.83. The Balaban J connectivity index is 2.40. The van der Waals surface area contributed by atoms with E-state index in [2.05, 4.69) is 4.90 Å². The summed E-state index contributed by atoms with van der Waals surface area (Å²) < 4.78 is 13.3. The fourth-order valence-corrected chi connectivity index (χ4v) is 3.34. The molecular formula is C16H23FN2O2. The average molecular weight is 294 g/mol. The Labute approximate surface area is 125 Å². The fraction of sp³-hybridized carbons (Fsp3) is 0.562. The van der Waals surface area contributed by atoms with Crippen molar-refractivity contribution in [2.45, 2.75) is 25.8 Å². The van der Waals surface area contributed by atoms with Crippen LogP contribution in [0.1, 0.15) is 30.0 Å². The molecular weight excluding hydrogens is 271 g/mol. The van der Waals surface area contributed by atoms with Gasteiger partial charge in [-0.25, -0.2) is 9.18 Å². The van der Waals surface area contributed by atoms with Crippen LogP contribution in [0, 0.1) is 18.7 Å². The van der Waals surface area contributed by atoms with Crippen molar-refractivity contribution < 1.29 is 14.3 Å². The van der Waals surface area contributed by atoms with Crippen molar-refractivity contribution in [2.75, 3.05) is 27.2 Å². The Morgan fingerprint density at radius 3 is 2.76 bits per heavy atom. The van der Waals surface area contributed by atoms with Crippen LogP contribution < -0.4 is 0 Å². The summed E-state index contributed by atoms with van der Waals surface area (Å²) in [6.45, 7) is 3.21. The molecule has 21 heavy (non-hydrogen) atoms. The number of nitrogens with zero attached hydrogens (tertiary/aromatic N) is 2. The molecule has 1 aliphatic heterocycles. The topological polar surface area (TPSA) is 43.8 Å². The van der Waals surface area contributed by atoms with E-state index in [1.807, 2.05) is 21.0 Å². The molecule has 1 saturated heterocycles. The summed E-state index contributed by atoms with van der Waals surface area (Å²) in [5, 5.41) is 9.51. The fourth-order valence-electron chi connectivity index (χ4n) is 3.34. The average Bonchev–Trinajstić information content (AvgIpc) is 2.38. The number of rotatable bonds is 3. The van der Waals surface area contributed by atoms with Gasteiger partial charge in [0.15, 0.2) is 0 Å². The first-order valence-electron chi connectivity index (χ1n) is 7.30. The van der Waals surface area contributed by atoms with Gasteiger partial charge in [-0.15, -0.1) is 0 Å². The Morgan fingerprint density at radius 2 is 2.19 bits per heavy atom. The highest BCUT2D eigenvalue weighted by molar-refractivity contribution is 5.66. The van der Waals surface area contributed by atoms with Crippen LogP contribution in [-0.4, -0.2) is 48.2 Å². The zero-order valence-corrected chi connectivity index (χ0v) is 12.8. The second kappa shape index (κ2) is 6.43. The van der Waals surface area contributed by atoms with Gasteiger partial charge < -0.3 is 14.9 Å². The first-order chi connectivity index (χ1) is 9.90. The lowest BCUT2D eigenvalue weighted by Crippen LogP contribution is -2.45. The number of hydrogen-bond donors (Lipinski definition) is 1. The van der Waals surface area contributed by atoms with Gasteiger partial charge in [0.05, 0.1) is 6.04 Å². The monoisotopic (exact) mass is 294 g/mol. The van der Waals surface area contributed by atoms with E-state index < -0.39 is 6.09 Å². The highest BCUT2D eigenvalue weighted by atomic mass is 19.1. The second-order valence-electron chi connectivity index (χ2n) is 6.09. The number of carbonyl (C=O) groups is 1. The number of aryl methyl sites for hydroxylation is 1. The number of hydrogen-bond acceptors (Lipinski definition) is 2. The maximum atomic E-state index is 13.3. The van der Waals surface area contributed by atoms with Crippen molar-refractivity contribution in [3.63, 3.8) is 0 Å². The number of piperidine rings is 1. The number of halogens is 1. The molecule has 0 spiro atoms. The third-order valence-corrected chi connectivity index (χ3v) is 4.15. The molecule has 2 atom stereocenters. The molecule has 1 aromatic rings. The van der Waals surface area contributed by atoms with E-state index in [0.29, 0.717) is 6.54 Å².